The van der Waals surface area contributed by atoms with Crippen LogP contribution in [-0.4, -0.2) is 26.9 Å². The van der Waals surface area contributed by atoms with E-state index in [0.717, 1.165) is 6.04 Å². The molecule has 84 valence electrons. The van der Waals surface area contributed by atoms with E-state index in [4.69, 9.17) is 27.1 Å². The van der Waals surface area contributed by atoms with E-state index in [1.807, 2.05) is 6.92 Å². The minimum absolute atomic E-state index is 0.499. The zero-order valence-corrected chi connectivity index (χ0v) is 14.4. The van der Waals surface area contributed by atoms with Crippen molar-refractivity contribution in [2.24, 2.45) is 0 Å². The van der Waals surface area contributed by atoms with Crippen LogP contribution in [0.2, 0.25) is 38.8 Å². The minimum Gasteiger partial charge on any atom is -0.402 e. The maximum absolute atomic E-state index is 6.80. The Hall–Kier alpha value is 1.19. The summed E-state index contributed by atoms with van der Waals surface area (Å²) < 4.78 is 6.13. The van der Waals surface area contributed by atoms with E-state index in [2.05, 4.69) is 32.7 Å². The van der Waals surface area contributed by atoms with Crippen molar-refractivity contribution >= 4 is 44.5 Å². The first-order valence-corrected chi connectivity index (χ1v) is 17.0. The molecule has 1 saturated heterocycles. The van der Waals surface area contributed by atoms with Gasteiger partial charge in [0.2, 0.25) is 0 Å². The van der Waals surface area contributed by atoms with E-state index in [0.29, 0.717) is 0 Å². The number of hydrogen-bond donors (Lipinski definition) is 0. The molecule has 0 N–H and O–H groups in total. The molecule has 0 aromatic rings. The summed E-state index contributed by atoms with van der Waals surface area (Å²) in [6.45, 7) is 11.9. The second-order valence-electron chi connectivity index (χ2n) is 5.71. The van der Waals surface area contributed by atoms with Crippen molar-refractivity contribution < 1.29 is 4.43 Å². The van der Waals surface area contributed by atoms with Crippen LogP contribution in [0.25, 0.3) is 0 Å². The van der Waals surface area contributed by atoms with Gasteiger partial charge in [-0.1, -0.05) is 31.2 Å². The van der Waals surface area contributed by atoms with Crippen molar-refractivity contribution in [1.29, 1.82) is 0 Å². The van der Waals surface area contributed by atoms with Crippen molar-refractivity contribution in [1.82, 2.24) is 0 Å². The molecule has 6 heteroatoms. The Bertz CT molecular complexity index is 229. The van der Waals surface area contributed by atoms with Crippen molar-refractivity contribution in [3.63, 3.8) is 0 Å². The first kappa shape index (κ1) is 13.3. The lowest BCUT2D eigenvalue weighted by Gasteiger charge is -2.54. The molecule has 0 saturated carbocycles. The van der Waals surface area contributed by atoms with Gasteiger partial charge < -0.3 is 4.43 Å². The minimum atomic E-state index is -1.67. The highest BCUT2D eigenvalue weighted by Crippen LogP contribution is 2.47. The van der Waals surface area contributed by atoms with Crippen LogP contribution in [-0.2, 0) is 4.43 Å². The predicted octanol–water partition coefficient (Wildman–Crippen LogP) is 3.86. The summed E-state index contributed by atoms with van der Waals surface area (Å²) in [7, 11) is -3.05. The van der Waals surface area contributed by atoms with Gasteiger partial charge in [0.15, 0.2) is 7.83 Å². The number of rotatable bonds is 0. The molecule has 0 spiro atoms. The van der Waals surface area contributed by atoms with Crippen LogP contribution in [0.5, 0.6) is 0 Å². The molecule has 1 heterocycles. The number of alkyl halides is 1. The van der Waals surface area contributed by atoms with Crippen molar-refractivity contribution in [2.45, 2.75) is 50.8 Å². The SMILES string of the molecule is CC1(Cl)C[Si](C)(Cl)[Si](C)(C)[Si](C)(C)O1. The average Bonchev–Trinajstić information content (AvgIpc) is 1.77. The molecule has 0 bridgehead atoms. The Morgan fingerprint density at radius 1 is 1.14 bits per heavy atom. The molecule has 0 amide bonds. The van der Waals surface area contributed by atoms with Crippen molar-refractivity contribution in [3.8, 4) is 0 Å². The zero-order valence-electron chi connectivity index (χ0n) is 9.87. The van der Waals surface area contributed by atoms with Gasteiger partial charge in [0.1, 0.15) is 12.0 Å². The van der Waals surface area contributed by atoms with Crippen LogP contribution in [0, 0.1) is 0 Å². The molecule has 1 aliphatic rings. The third-order valence-electron chi connectivity index (χ3n) is 3.92. The summed E-state index contributed by atoms with van der Waals surface area (Å²) in [6.07, 6.45) is 0. The smallest absolute Gasteiger partial charge is 0.175 e. The van der Waals surface area contributed by atoms with E-state index >= 15 is 0 Å². The third-order valence-corrected chi connectivity index (χ3v) is 46.6. The van der Waals surface area contributed by atoms with E-state index < -0.39 is 26.9 Å². The summed E-state index contributed by atoms with van der Waals surface area (Å²) in [5.41, 5.74) is 0. The summed E-state index contributed by atoms with van der Waals surface area (Å²) >= 11 is 13.2. The molecule has 1 nitrogen and oxygen atoms in total. The Kier molecular flexibility index (Phi) is 3.16. The first-order valence-electron chi connectivity index (χ1n) is 4.99. The van der Waals surface area contributed by atoms with Gasteiger partial charge in [-0.15, -0.1) is 0 Å². The fourth-order valence-corrected chi connectivity index (χ4v) is 35.8. The molecule has 2 unspecified atom stereocenters. The van der Waals surface area contributed by atoms with Gasteiger partial charge >= 0.3 is 0 Å². The Morgan fingerprint density at radius 3 is 1.93 bits per heavy atom. The van der Waals surface area contributed by atoms with E-state index in [-0.39, 0.29) is 0 Å². The predicted molar refractivity (Wildman–Crippen MR) is 72.6 cm³/mol. The van der Waals surface area contributed by atoms with E-state index in [1.165, 1.54) is 0 Å². The van der Waals surface area contributed by atoms with Crippen LogP contribution in [0.4, 0.5) is 0 Å². The molecule has 0 aliphatic carbocycles. The molecule has 14 heavy (non-hydrogen) atoms. The molecule has 0 radical (unpaired) electrons. The Labute approximate surface area is 99.6 Å². The van der Waals surface area contributed by atoms with Crippen molar-refractivity contribution in [3.05, 3.63) is 0 Å². The number of halogens is 2. The largest absolute Gasteiger partial charge is 0.402 e. The maximum atomic E-state index is 6.80. The Morgan fingerprint density at radius 2 is 1.57 bits per heavy atom. The van der Waals surface area contributed by atoms with Crippen LogP contribution < -0.4 is 0 Å². The summed E-state index contributed by atoms with van der Waals surface area (Å²) in [5.74, 6) is 0. The maximum Gasteiger partial charge on any atom is 0.175 e. The summed E-state index contributed by atoms with van der Waals surface area (Å²) in [4.78, 5) is 0. The molecule has 1 rings (SSSR count). The van der Waals surface area contributed by atoms with Gasteiger partial charge in [-0.3, -0.25) is 0 Å². The number of hydrogen-bond acceptors (Lipinski definition) is 1. The molecule has 2 atom stereocenters. The molecular weight excluding hydrogens is 267 g/mol. The monoisotopic (exact) mass is 286 g/mol. The van der Waals surface area contributed by atoms with Gasteiger partial charge in [-0.05, 0) is 26.1 Å². The second kappa shape index (κ2) is 3.34. The molecule has 1 aliphatic heterocycles. The van der Waals surface area contributed by atoms with Crippen LogP contribution in [0.15, 0.2) is 0 Å². The van der Waals surface area contributed by atoms with E-state index in [9.17, 15) is 0 Å². The lowest BCUT2D eigenvalue weighted by atomic mass is 10.5. The van der Waals surface area contributed by atoms with Crippen LogP contribution in [0.3, 0.4) is 0 Å². The topological polar surface area (TPSA) is 9.23 Å². The van der Waals surface area contributed by atoms with Crippen molar-refractivity contribution in [2.75, 3.05) is 0 Å². The van der Waals surface area contributed by atoms with Crippen LogP contribution >= 0.6 is 22.7 Å². The second-order valence-corrected chi connectivity index (χ2v) is 35.1. The van der Waals surface area contributed by atoms with Crippen LogP contribution in [0.1, 0.15) is 6.92 Å². The Balaban J connectivity index is 3.13. The lowest BCUT2D eigenvalue weighted by molar-refractivity contribution is 0.192. The van der Waals surface area contributed by atoms with Gasteiger partial charge in [-0.25, -0.2) is 0 Å². The van der Waals surface area contributed by atoms with E-state index in [1.54, 1.807) is 0 Å². The average molecular weight is 287 g/mol. The third kappa shape index (κ3) is 2.01. The highest BCUT2D eigenvalue weighted by atomic mass is 35.6. The lowest BCUT2D eigenvalue weighted by Crippen LogP contribution is -2.76. The summed E-state index contributed by atoms with van der Waals surface area (Å²) in [6, 6.07) is 0.888. The zero-order chi connectivity index (χ0) is 11.4. The highest BCUT2D eigenvalue weighted by molar-refractivity contribution is 7.77. The van der Waals surface area contributed by atoms with Gasteiger partial charge in [0.25, 0.3) is 0 Å². The summed E-state index contributed by atoms with van der Waals surface area (Å²) in [5, 5.41) is -0.499. The van der Waals surface area contributed by atoms with Gasteiger partial charge in [0, 0.05) is 0 Å². The quantitative estimate of drug-likeness (QED) is 0.373. The molecule has 0 aromatic heterocycles. The standard InChI is InChI=1S/C8H20Cl2OSi3/c1-8(9)7-14(6,10)13(4,5)12(2,3)11-8/h7H2,1-6H3. The molecular formula is C8H20Cl2OSi3. The molecule has 1 fully saturated rings. The molecule has 0 aromatic carbocycles. The fraction of sp³-hybridized carbons (Fsp3) is 1.00. The van der Waals surface area contributed by atoms with Gasteiger partial charge in [0.05, 0.1) is 7.11 Å². The first-order chi connectivity index (χ1) is 5.91. The fourth-order valence-electron chi connectivity index (χ4n) is 2.14. The van der Waals surface area contributed by atoms with Gasteiger partial charge in [-0.2, -0.15) is 11.1 Å². The normalized spacial score (nSPS) is 46.3. The highest BCUT2D eigenvalue weighted by Gasteiger charge is 2.63.